The van der Waals surface area contributed by atoms with Gasteiger partial charge in [0, 0.05) is 25.2 Å². The number of benzene rings is 1. The third-order valence-corrected chi connectivity index (χ3v) is 5.67. The SMILES string of the molecule is O=C1CCc2cc(/C=C/C(=O)N3CCCC[C@@H]3c3nc4ccccc4o3)cnc2N1. The first-order valence-corrected chi connectivity index (χ1v) is 10.3. The van der Waals surface area contributed by atoms with Gasteiger partial charge in [0.2, 0.25) is 17.7 Å². The standard InChI is InChI=1S/C23H22N4O3/c28-20-10-9-16-13-15(14-24-22(16)26-20)8-11-21(29)27-12-4-3-6-18(27)23-25-17-5-1-2-7-19(17)30-23/h1-2,5,7-8,11,13-14,18H,3-4,6,9-10,12H2,(H,24,26,28)/b11-8+/t18-/m1/s1. The molecule has 1 N–H and O–H groups in total. The number of carbonyl (C=O) groups is 2. The average Bonchev–Trinajstić information content (AvgIpc) is 3.21. The molecule has 0 aliphatic carbocycles. The summed E-state index contributed by atoms with van der Waals surface area (Å²) in [5.41, 5.74) is 3.39. The summed E-state index contributed by atoms with van der Waals surface area (Å²) in [6.45, 7) is 0.682. The maximum absolute atomic E-state index is 13.0. The number of nitrogens with zero attached hydrogens (tertiary/aromatic N) is 3. The fraction of sp³-hybridized carbons (Fsp3) is 0.304. The molecule has 2 aromatic heterocycles. The molecule has 0 unspecified atom stereocenters. The van der Waals surface area contributed by atoms with Crippen molar-refractivity contribution in [3.63, 3.8) is 0 Å². The van der Waals surface area contributed by atoms with Gasteiger partial charge in [0.15, 0.2) is 5.58 Å². The van der Waals surface area contributed by atoms with E-state index in [1.54, 1.807) is 18.3 Å². The van der Waals surface area contributed by atoms with Gasteiger partial charge in [0.05, 0.1) is 0 Å². The predicted molar refractivity (Wildman–Crippen MR) is 113 cm³/mol. The van der Waals surface area contributed by atoms with Crippen LogP contribution in [0.3, 0.4) is 0 Å². The van der Waals surface area contributed by atoms with Crippen molar-refractivity contribution in [1.29, 1.82) is 0 Å². The van der Waals surface area contributed by atoms with Gasteiger partial charge in [-0.2, -0.15) is 0 Å². The third-order valence-electron chi connectivity index (χ3n) is 5.67. The number of rotatable bonds is 3. The molecular formula is C23H22N4O3. The highest BCUT2D eigenvalue weighted by Gasteiger charge is 2.30. The minimum atomic E-state index is -0.153. The van der Waals surface area contributed by atoms with E-state index in [4.69, 9.17) is 4.42 Å². The molecule has 0 bridgehead atoms. The Balaban J connectivity index is 1.35. The number of pyridine rings is 1. The number of hydrogen-bond donors (Lipinski definition) is 1. The topological polar surface area (TPSA) is 88.3 Å². The highest BCUT2D eigenvalue weighted by atomic mass is 16.3. The second kappa shape index (κ2) is 7.74. The molecule has 0 radical (unpaired) electrons. The summed E-state index contributed by atoms with van der Waals surface area (Å²) in [4.78, 5) is 35.2. The van der Waals surface area contributed by atoms with Gasteiger partial charge in [0.1, 0.15) is 17.4 Å². The molecule has 4 heterocycles. The second-order valence-corrected chi connectivity index (χ2v) is 7.72. The lowest BCUT2D eigenvalue weighted by molar-refractivity contribution is -0.130. The van der Waals surface area contributed by atoms with Gasteiger partial charge in [-0.1, -0.05) is 12.1 Å². The Bertz CT molecular complexity index is 1120. The molecule has 2 amide bonds. The number of nitrogens with one attached hydrogen (secondary N) is 1. The first-order valence-electron chi connectivity index (χ1n) is 10.3. The van der Waals surface area contributed by atoms with E-state index in [1.165, 1.54) is 0 Å². The van der Waals surface area contributed by atoms with Gasteiger partial charge < -0.3 is 14.6 Å². The average molecular weight is 402 g/mol. The van der Waals surface area contributed by atoms with Gasteiger partial charge in [-0.25, -0.2) is 9.97 Å². The normalized spacial score (nSPS) is 19.1. The van der Waals surface area contributed by atoms with Gasteiger partial charge in [-0.05, 0) is 61.1 Å². The highest BCUT2D eigenvalue weighted by molar-refractivity contribution is 5.94. The molecule has 30 heavy (non-hydrogen) atoms. The van der Waals surface area contributed by atoms with E-state index in [0.717, 1.165) is 41.5 Å². The number of amides is 2. The van der Waals surface area contributed by atoms with Crippen LogP contribution < -0.4 is 5.32 Å². The molecule has 5 rings (SSSR count). The molecule has 1 saturated heterocycles. The van der Waals surface area contributed by atoms with Crippen LogP contribution in [0, 0.1) is 0 Å². The third kappa shape index (κ3) is 3.58. The molecule has 0 saturated carbocycles. The molecule has 152 valence electrons. The van der Waals surface area contributed by atoms with Crippen molar-refractivity contribution in [3.05, 3.63) is 59.6 Å². The molecule has 1 atom stereocenters. The summed E-state index contributed by atoms with van der Waals surface area (Å²) < 4.78 is 5.95. The summed E-state index contributed by atoms with van der Waals surface area (Å²) >= 11 is 0. The van der Waals surface area contributed by atoms with E-state index in [9.17, 15) is 9.59 Å². The maximum Gasteiger partial charge on any atom is 0.247 e. The van der Waals surface area contributed by atoms with E-state index in [-0.39, 0.29) is 17.9 Å². The summed E-state index contributed by atoms with van der Waals surface area (Å²) in [5.74, 6) is 1.14. The number of oxazole rings is 1. The Morgan fingerprint density at radius 2 is 2.13 bits per heavy atom. The Morgan fingerprint density at radius 3 is 3.03 bits per heavy atom. The van der Waals surface area contributed by atoms with Crippen molar-refractivity contribution in [1.82, 2.24) is 14.9 Å². The molecule has 2 aliphatic rings. The van der Waals surface area contributed by atoms with E-state index in [2.05, 4.69) is 15.3 Å². The number of carbonyl (C=O) groups excluding carboxylic acids is 2. The lowest BCUT2D eigenvalue weighted by Crippen LogP contribution is -2.37. The Hall–Kier alpha value is -3.48. The summed E-state index contributed by atoms with van der Waals surface area (Å²) in [5, 5.41) is 2.77. The van der Waals surface area contributed by atoms with Crippen LogP contribution in [0.15, 0.2) is 47.0 Å². The maximum atomic E-state index is 13.0. The number of anilines is 1. The number of aromatic nitrogens is 2. The van der Waals surface area contributed by atoms with Gasteiger partial charge in [-0.3, -0.25) is 9.59 Å². The first-order chi connectivity index (χ1) is 14.7. The summed E-state index contributed by atoms with van der Waals surface area (Å²) in [6.07, 6.45) is 9.01. The van der Waals surface area contributed by atoms with Crippen molar-refractivity contribution in [2.45, 2.75) is 38.1 Å². The van der Waals surface area contributed by atoms with Crippen molar-refractivity contribution in [3.8, 4) is 0 Å². The fourth-order valence-electron chi connectivity index (χ4n) is 4.11. The monoisotopic (exact) mass is 402 g/mol. The largest absolute Gasteiger partial charge is 0.438 e. The Morgan fingerprint density at radius 1 is 1.23 bits per heavy atom. The van der Waals surface area contributed by atoms with E-state index < -0.39 is 0 Å². The van der Waals surface area contributed by atoms with Crippen molar-refractivity contribution < 1.29 is 14.0 Å². The molecule has 3 aromatic rings. The van der Waals surface area contributed by atoms with Crippen LogP contribution in [0.5, 0.6) is 0 Å². The molecule has 7 nitrogen and oxygen atoms in total. The Labute approximate surface area is 173 Å². The minimum absolute atomic E-state index is 0.0104. The first kappa shape index (κ1) is 18.5. The quantitative estimate of drug-likeness (QED) is 0.672. The lowest BCUT2D eigenvalue weighted by atomic mass is 10.0. The van der Waals surface area contributed by atoms with Crippen molar-refractivity contribution >= 4 is 34.8 Å². The van der Waals surface area contributed by atoms with Crippen LogP contribution in [0.1, 0.15) is 48.7 Å². The molecule has 1 aromatic carbocycles. The molecule has 7 heteroatoms. The number of piperidine rings is 1. The number of aryl methyl sites for hydroxylation is 1. The van der Waals surface area contributed by atoms with Crippen LogP contribution in [0.25, 0.3) is 17.2 Å². The van der Waals surface area contributed by atoms with Crippen LogP contribution in [0.2, 0.25) is 0 Å². The summed E-state index contributed by atoms with van der Waals surface area (Å²) in [7, 11) is 0. The molecular weight excluding hydrogens is 380 g/mol. The van der Waals surface area contributed by atoms with Crippen LogP contribution in [-0.2, 0) is 16.0 Å². The zero-order chi connectivity index (χ0) is 20.5. The zero-order valence-electron chi connectivity index (χ0n) is 16.5. The van der Waals surface area contributed by atoms with E-state index in [0.29, 0.717) is 31.1 Å². The van der Waals surface area contributed by atoms with Crippen molar-refractivity contribution in [2.24, 2.45) is 0 Å². The van der Waals surface area contributed by atoms with E-state index >= 15 is 0 Å². The second-order valence-electron chi connectivity index (χ2n) is 7.72. The van der Waals surface area contributed by atoms with Crippen LogP contribution in [-0.4, -0.2) is 33.2 Å². The number of para-hydroxylation sites is 2. The van der Waals surface area contributed by atoms with Gasteiger partial charge >= 0.3 is 0 Å². The van der Waals surface area contributed by atoms with Gasteiger partial charge in [-0.15, -0.1) is 0 Å². The fourth-order valence-corrected chi connectivity index (χ4v) is 4.11. The summed E-state index contributed by atoms with van der Waals surface area (Å²) in [6, 6.07) is 9.48. The number of fused-ring (bicyclic) bond motifs is 2. The molecule has 1 fully saturated rings. The van der Waals surface area contributed by atoms with E-state index in [1.807, 2.05) is 35.2 Å². The molecule has 0 spiro atoms. The van der Waals surface area contributed by atoms with Crippen LogP contribution >= 0.6 is 0 Å². The minimum Gasteiger partial charge on any atom is -0.438 e. The number of hydrogen-bond acceptors (Lipinski definition) is 5. The predicted octanol–water partition coefficient (Wildman–Crippen LogP) is 3.87. The van der Waals surface area contributed by atoms with Gasteiger partial charge in [0.25, 0.3) is 0 Å². The smallest absolute Gasteiger partial charge is 0.247 e. The molecule has 2 aliphatic heterocycles. The Kier molecular flexibility index (Phi) is 4.78. The zero-order valence-corrected chi connectivity index (χ0v) is 16.5. The van der Waals surface area contributed by atoms with Crippen molar-refractivity contribution in [2.75, 3.05) is 11.9 Å². The van der Waals surface area contributed by atoms with Crippen LogP contribution in [0.4, 0.5) is 5.82 Å². The number of likely N-dealkylation sites (tertiary alicyclic amines) is 1. The highest BCUT2D eigenvalue weighted by Crippen LogP contribution is 2.32. The lowest BCUT2D eigenvalue weighted by Gasteiger charge is -2.33.